The van der Waals surface area contributed by atoms with Crippen LogP contribution in [0.15, 0.2) is 35.0 Å². The van der Waals surface area contributed by atoms with E-state index in [-0.39, 0.29) is 11.7 Å². The zero-order valence-electron chi connectivity index (χ0n) is 13.9. The summed E-state index contributed by atoms with van der Waals surface area (Å²) in [5.41, 5.74) is 3.73. The van der Waals surface area contributed by atoms with Crippen molar-refractivity contribution in [2.75, 3.05) is 0 Å². The van der Waals surface area contributed by atoms with Crippen molar-refractivity contribution in [1.82, 2.24) is 30.1 Å². The van der Waals surface area contributed by atoms with E-state index in [9.17, 15) is 4.21 Å². The van der Waals surface area contributed by atoms with E-state index in [0.29, 0.717) is 17.3 Å². The van der Waals surface area contributed by atoms with Crippen LogP contribution < -0.4 is 4.72 Å². The van der Waals surface area contributed by atoms with E-state index in [1.54, 1.807) is 25.4 Å². The Balaban J connectivity index is 1.82. The van der Waals surface area contributed by atoms with Crippen LogP contribution in [0.25, 0.3) is 33.5 Å². The molecule has 0 aliphatic heterocycles. The Hall–Kier alpha value is -2.66. The molecule has 0 spiro atoms. The van der Waals surface area contributed by atoms with Crippen molar-refractivity contribution >= 4 is 33.8 Å². The number of pyridine rings is 1. The lowest BCUT2D eigenvalue weighted by Gasteiger charge is -2.09. The largest absolute Gasteiger partial charge is 0.421 e. The van der Waals surface area contributed by atoms with Gasteiger partial charge in [-0.2, -0.15) is 5.10 Å². The standard InChI is InChI=1S/C16H13ClN6O3S/c1-8-21-23-16(26-8)12-3-9(4-14-13(12)7-19-22-14)10-2-11(6-20-27(24)25)15(17)18-5-10/h2-5,7,20H,6H2,1H3,(H,19,22)(H,24,25). The maximum absolute atomic E-state index is 10.9. The first kappa shape index (κ1) is 17.7. The summed E-state index contributed by atoms with van der Waals surface area (Å²) in [5, 5.41) is 16.1. The van der Waals surface area contributed by atoms with Crippen LogP contribution in [-0.4, -0.2) is 34.1 Å². The molecule has 0 bridgehead atoms. The molecule has 0 radical (unpaired) electrons. The summed E-state index contributed by atoms with van der Waals surface area (Å²) >= 11 is 3.95. The van der Waals surface area contributed by atoms with Gasteiger partial charge >= 0.3 is 0 Å². The van der Waals surface area contributed by atoms with Gasteiger partial charge in [-0.25, -0.2) is 13.9 Å². The number of nitrogens with one attached hydrogen (secondary N) is 2. The molecular formula is C16H13ClN6O3S. The van der Waals surface area contributed by atoms with Gasteiger partial charge in [-0.3, -0.25) is 9.65 Å². The third-order valence-corrected chi connectivity index (χ3v) is 4.68. The topological polar surface area (TPSA) is 130 Å². The zero-order valence-corrected chi connectivity index (χ0v) is 15.5. The van der Waals surface area contributed by atoms with Crippen molar-refractivity contribution < 1.29 is 13.2 Å². The molecule has 1 atom stereocenters. The lowest BCUT2D eigenvalue weighted by molar-refractivity contribution is 0.533. The monoisotopic (exact) mass is 404 g/mol. The van der Waals surface area contributed by atoms with Crippen molar-refractivity contribution in [2.24, 2.45) is 0 Å². The number of halogens is 1. The number of aromatic amines is 1. The van der Waals surface area contributed by atoms with Crippen molar-refractivity contribution in [3.8, 4) is 22.6 Å². The summed E-state index contributed by atoms with van der Waals surface area (Å²) in [6.07, 6.45) is 3.32. The van der Waals surface area contributed by atoms with Crippen molar-refractivity contribution in [2.45, 2.75) is 13.5 Å². The Labute approximate surface area is 160 Å². The molecule has 0 aliphatic carbocycles. The van der Waals surface area contributed by atoms with Gasteiger partial charge in [0.25, 0.3) is 0 Å². The Kier molecular flexibility index (Phi) is 4.70. The van der Waals surface area contributed by atoms with Crippen LogP contribution in [0.4, 0.5) is 0 Å². The molecule has 3 heterocycles. The quantitative estimate of drug-likeness (QED) is 0.344. The highest BCUT2D eigenvalue weighted by Gasteiger charge is 2.15. The van der Waals surface area contributed by atoms with Gasteiger partial charge in [0.2, 0.25) is 23.0 Å². The number of hydrogen-bond acceptors (Lipinski definition) is 6. The summed E-state index contributed by atoms with van der Waals surface area (Å²) in [4.78, 5) is 4.18. The maximum atomic E-state index is 10.9. The Morgan fingerprint density at radius 3 is 2.85 bits per heavy atom. The first-order valence-electron chi connectivity index (χ1n) is 7.78. The number of fused-ring (bicyclic) bond motifs is 1. The van der Waals surface area contributed by atoms with Crippen molar-refractivity contribution in [3.63, 3.8) is 0 Å². The molecule has 0 amide bonds. The Bertz CT molecular complexity index is 1160. The van der Waals surface area contributed by atoms with Crippen LogP contribution in [0.3, 0.4) is 0 Å². The molecule has 9 nitrogen and oxygen atoms in total. The van der Waals surface area contributed by atoms with Gasteiger partial charge in [0.05, 0.1) is 17.3 Å². The van der Waals surface area contributed by atoms with Gasteiger partial charge in [0, 0.05) is 36.2 Å². The smallest absolute Gasteiger partial charge is 0.248 e. The second-order valence-electron chi connectivity index (χ2n) is 5.73. The number of benzene rings is 1. The SMILES string of the molecule is Cc1nnc(-c2cc(-c3cnc(Cl)c(CNS(=O)O)c3)cc3[nH]ncc23)o1. The molecule has 1 aromatic carbocycles. The van der Waals surface area contributed by atoms with E-state index < -0.39 is 11.3 Å². The number of aryl methyl sites for hydroxylation is 1. The molecule has 138 valence electrons. The zero-order chi connectivity index (χ0) is 19.0. The highest BCUT2D eigenvalue weighted by molar-refractivity contribution is 7.77. The minimum Gasteiger partial charge on any atom is -0.421 e. The van der Waals surface area contributed by atoms with Gasteiger partial charge in [-0.15, -0.1) is 10.2 Å². The molecular weight excluding hydrogens is 392 g/mol. The van der Waals surface area contributed by atoms with E-state index in [4.69, 9.17) is 20.6 Å². The van der Waals surface area contributed by atoms with Crippen LogP contribution >= 0.6 is 11.6 Å². The number of aromatic nitrogens is 5. The number of rotatable bonds is 5. The molecule has 0 saturated heterocycles. The first-order valence-corrected chi connectivity index (χ1v) is 9.26. The molecule has 1 unspecified atom stereocenters. The second-order valence-corrected chi connectivity index (χ2v) is 6.87. The molecule has 0 aliphatic rings. The predicted octanol–water partition coefficient (Wildman–Crippen LogP) is 2.86. The normalized spacial score (nSPS) is 12.6. The molecule has 0 saturated carbocycles. The van der Waals surface area contributed by atoms with E-state index in [1.807, 2.05) is 12.1 Å². The van der Waals surface area contributed by atoms with Crippen molar-refractivity contribution in [3.05, 3.63) is 47.2 Å². The maximum Gasteiger partial charge on any atom is 0.248 e. The second kappa shape index (κ2) is 7.16. The minimum absolute atomic E-state index is 0.102. The molecule has 0 fully saturated rings. The number of hydrogen-bond donors (Lipinski definition) is 3. The molecule has 4 aromatic rings. The van der Waals surface area contributed by atoms with Crippen molar-refractivity contribution in [1.29, 1.82) is 0 Å². The molecule has 3 aromatic heterocycles. The third kappa shape index (κ3) is 3.60. The van der Waals surface area contributed by atoms with E-state index in [1.165, 1.54) is 0 Å². The molecule has 3 N–H and O–H groups in total. The van der Waals surface area contributed by atoms with Gasteiger partial charge in [-0.1, -0.05) is 11.6 Å². The molecule has 27 heavy (non-hydrogen) atoms. The van der Waals surface area contributed by atoms with Gasteiger partial charge in [0.1, 0.15) is 5.15 Å². The predicted molar refractivity (Wildman–Crippen MR) is 100.0 cm³/mol. The van der Waals surface area contributed by atoms with Crippen LogP contribution in [0.2, 0.25) is 5.15 Å². The third-order valence-electron chi connectivity index (χ3n) is 3.95. The summed E-state index contributed by atoms with van der Waals surface area (Å²) in [6, 6.07) is 5.62. The molecule has 4 rings (SSSR count). The summed E-state index contributed by atoms with van der Waals surface area (Å²) in [7, 11) is 0. The first-order chi connectivity index (χ1) is 13.0. The van der Waals surface area contributed by atoms with Gasteiger partial charge < -0.3 is 4.42 Å². The number of H-pyrrole nitrogens is 1. The van der Waals surface area contributed by atoms with Crippen LogP contribution in [0.1, 0.15) is 11.5 Å². The van der Waals surface area contributed by atoms with Gasteiger partial charge in [0.15, 0.2) is 0 Å². The summed E-state index contributed by atoms with van der Waals surface area (Å²) in [5.74, 6) is 0.853. The Morgan fingerprint density at radius 1 is 1.26 bits per heavy atom. The van der Waals surface area contributed by atoms with Gasteiger partial charge in [-0.05, 0) is 23.8 Å². The highest BCUT2D eigenvalue weighted by atomic mass is 35.5. The summed E-state index contributed by atoms with van der Waals surface area (Å²) < 4.78 is 27.7. The fraction of sp³-hybridized carbons (Fsp3) is 0.125. The van der Waals surface area contributed by atoms with E-state index in [0.717, 1.165) is 27.6 Å². The van der Waals surface area contributed by atoms with Crippen LogP contribution in [0, 0.1) is 6.92 Å². The average molecular weight is 405 g/mol. The fourth-order valence-electron chi connectivity index (χ4n) is 2.72. The lowest BCUT2D eigenvalue weighted by atomic mass is 10.0. The fourth-order valence-corrected chi connectivity index (χ4v) is 3.16. The van der Waals surface area contributed by atoms with Crippen LogP contribution in [0.5, 0.6) is 0 Å². The van der Waals surface area contributed by atoms with E-state index in [2.05, 4.69) is 30.1 Å². The Morgan fingerprint density at radius 2 is 2.11 bits per heavy atom. The lowest BCUT2D eigenvalue weighted by Crippen LogP contribution is -2.15. The van der Waals surface area contributed by atoms with Crippen LogP contribution in [-0.2, 0) is 17.8 Å². The minimum atomic E-state index is -2.14. The highest BCUT2D eigenvalue weighted by Crippen LogP contribution is 2.33. The number of nitrogens with zero attached hydrogens (tertiary/aromatic N) is 4. The molecule has 11 heteroatoms. The summed E-state index contributed by atoms with van der Waals surface area (Å²) in [6.45, 7) is 1.82. The van der Waals surface area contributed by atoms with E-state index >= 15 is 0 Å². The average Bonchev–Trinajstić information content (AvgIpc) is 3.28.